The first kappa shape index (κ1) is 12.3. The molecule has 2 aliphatic carbocycles. The molecule has 96 valence electrons. The molecule has 1 fully saturated rings. The first-order valence-corrected chi connectivity index (χ1v) is 7.51. The number of hydrogen-bond donors (Lipinski definition) is 2. The van der Waals surface area contributed by atoms with Gasteiger partial charge in [-0.3, -0.25) is 0 Å². The molecule has 1 aromatic rings. The zero-order valence-electron chi connectivity index (χ0n) is 10.1. The molecule has 2 aliphatic rings. The van der Waals surface area contributed by atoms with Crippen molar-refractivity contribution in [3.63, 3.8) is 0 Å². The number of benzene rings is 1. The van der Waals surface area contributed by atoms with Crippen molar-refractivity contribution in [3.8, 4) is 0 Å². The van der Waals surface area contributed by atoms with Gasteiger partial charge in [-0.1, -0.05) is 12.8 Å². The third-order valence-electron chi connectivity index (χ3n) is 4.45. The summed E-state index contributed by atoms with van der Waals surface area (Å²) in [6, 6.07) is 1.73. The van der Waals surface area contributed by atoms with Crippen LogP contribution in [0.5, 0.6) is 0 Å². The van der Waals surface area contributed by atoms with Crippen LogP contribution < -0.4 is 5.73 Å². The maximum Gasteiger partial charge on any atom is 0.336 e. The van der Waals surface area contributed by atoms with Gasteiger partial charge in [-0.2, -0.15) is 0 Å². The van der Waals surface area contributed by atoms with Crippen molar-refractivity contribution in [2.75, 3.05) is 5.73 Å². The van der Waals surface area contributed by atoms with E-state index in [0.717, 1.165) is 26.8 Å². The van der Waals surface area contributed by atoms with E-state index in [1.807, 2.05) is 0 Å². The molecule has 0 spiro atoms. The van der Waals surface area contributed by atoms with Gasteiger partial charge in [0.15, 0.2) is 0 Å². The van der Waals surface area contributed by atoms with Gasteiger partial charge in [0.25, 0.3) is 0 Å². The van der Waals surface area contributed by atoms with Crippen LogP contribution in [0.15, 0.2) is 6.07 Å². The predicted octanol–water partition coefficient (Wildman–Crippen LogP) is 3.40. The molecule has 0 saturated heterocycles. The third-order valence-corrected chi connectivity index (χ3v) is 5.34. The first-order chi connectivity index (χ1) is 8.59. The van der Waals surface area contributed by atoms with Crippen molar-refractivity contribution in [3.05, 3.63) is 26.3 Å². The Morgan fingerprint density at radius 3 is 2.83 bits per heavy atom. The highest BCUT2D eigenvalue weighted by atomic mass is 127. The average molecular weight is 357 g/mol. The molecule has 0 heterocycles. The molecule has 3 nitrogen and oxygen atoms in total. The monoisotopic (exact) mass is 357 g/mol. The van der Waals surface area contributed by atoms with Crippen LogP contribution in [0.3, 0.4) is 0 Å². The van der Waals surface area contributed by atoms with Crippen LogP contribution >= 0.6 is 22.6 Å². The SMILES string of the molecule is Nc1c(I)cc(C(=O)O)c2c1C1CCCCC1C2. The smallest absolute Gasteiger partial charge is 0.336 e. The van der Waals surface area contributed by atoms with Gasteiger partial charge >= 0.3 is 5.97 Å². The van der Waals surface area contributed by atoms with Crippen molar-refractivity contribution < 1.29 is 9.90 Å². The molecule has 0 bridgehead atoms. The van der Waals surface area contributed by atoms with Crippen LogP contribution in [0, 0.1) is 9.49 Å². The van der Waals surface area contributed by atoms with Crippen LogP contribution in [0.2, 0.25) is 0 Å². The van der Waals surface area contributed by atoms with Crippen molar-refractivity contribution in [1.82, 2.24) is 0 Å². The highest BCUT2D eigenvalue weighted by Gasteiger charge is 2.38. The number of hydrogen-bond acceptors (Lipinski definition) is 2. The Morgan fingerprint density at radius 2 is 2.11 bits per heavy atom. The number of nitrogens with two attached hydrogens (primary N) is 1. The van der Waals surface area contributed by atoms with Crippen molar-refractivity contribution in [1.29, 1.82) is 0 Å². The molecule has 3 rings (SSSR count). The third kappa shape index (κ3) is 1.73. The summed E-state index contributed by atoms with van der Waals surface area (Å²) in [5.74, 6) is 0.303. The fraction of sp³-hybridized carbons (Fsp3) is 0.500. The van der Waals surface area contributed by atoms with Gasteiger partial charge < -0.3 is 10.8 Å². The molecule has 2 atom stereocenters. The van der Waals surface area contributed by atoms with E-state index in [1.54, 1.807) is 6.07 Å². The Balaban J connectivity index is 2.19. The van der Waals surface area contributed by atoms with Crippen LogP contribution in [0.1, 0.15) is 53.1 Å². The Kier molecular flexibility index (Phi) is 3.00. The maximum atomic E-state index is 11.4. The van der Waals surface area contributed by atoms with Gasteiger partial charge in [0, 0.05) is 9.26 Å². The van der Waals surface area contributed by atoms with Gasteiger partial charge in [-0.15, -0.1) is 0 Å². The summed E-state index contributed by atoms with van der Waals surface area (Å²) in [5, 5.41) is 9.35. The number of carboxylic acids is 1. The predicted molar refractivity (Wildman–Crippen MR) is 78.9 cm³/mol. The summed E-state index contributed by atoms with van der Waals surface area (Å²) in [4.78, 5) is 11.4. The molecular weight excluding hydrogens is 341 g/mol. The normalized spacial score (nSPS) is 25.6. The van der Waals surface area contributed by atoms with Crippen molar-refractivity contribution >= 4 is 34.2 Å². The lowest BCUT2D eigenvalue weighted by atomic mass is 9.79. The summed E-state index contributed by atoms with van der Waals surface area (Å²) in [6.45, 7) is 0. The van der Waals surface area contributed by atoms with Gasteiger partial charge in [-0.25, -0.2) is 4.79 Å². The Hall–Kier alpha value is -0.780. The summed E-state index contributed by atoms with van der Waals surface area (Å²) >= 11 is 2.15. The average Bonchev–Trinajstić information content (AvgIpc) is 2.72. The second-order valence-electron chi connectivity index (χ2n) is 5.37. The fourth-order valence-corrected chi connectivity index (χ4v) is 4.26. The summed E-state index contributed by atoms with van der Waals surface area (Å²) in [7, 11) is 0. The van der Waals surface area contributed by atoms with E-state index in [2.05, 4.69) is 22.6 Å². The largest absolute Gasteiger partial charge is 0.478 e. The lowest BCUT2D eigenvalue weighted by Gasteiger charge is -2.26. The van der Waals surface area contributed by atoms with E-state index in [9.17, 15) is 9.90 Å². The number of carbonyl (C=O) groups is 1. The Labute approximate surface area is 120 Å². The van der Waals surface area contributed by atoms with Crippen molar-refractivity contribution in [2.45, 2.75) is 38.0 Å². The zero-order chi connectivity index (χ0) is 12.9. The van der Waals surface area contributed by atoms with E-state index in [-0.39, 0.29) is 0 Å². The quantitative estimate of drug-likeness (QED) is 0.598. The number of halogens is 1. The minimum absolute atomic E-state index is 0.470. The number of aromatic carboxylic acids is 1. The van der Waals surface area contributed by atoms with Gasteiger partial charge in [0.1, 0.15) is 0 Å². The van der Waals surface area contributed by atoms with E-state index in [1.165, 1.54) is 25.7 Å². The van der Waals surface area contributed by atoms with Crippen LogP contribution in [0.4, 0.5) is 5.69 Å². The van der Waals surface area contributed by atoms with Gasteiger partial charge in [0.2, 0.25) is 0 Å². The second-order valence-corrected chi connectivity index (χ2v) is 6.53. The highest BCUT2D eigenvalue weighted by molar-refractivity contribution is 14.1. The summed E-state index contributed by atoms with van der Waals surface area (Å²) in [6.07, 6.45) is 5.81. The molecule has 4 heteroatoms. The molecule has 18 heavy (non-hydrogen) atoms. The van der Waals surface area contributed by atoms with E-state index in [4.69, 9.17) is 5.73 Å². The van der Waals surface area contributed by atoms with E-state index in [0.29, 0.717) is 17.4 Å². The molecule has 0 aromatic heterocycles. The molecule has 0 amide bonds. The van der Waals surface area contributed by atoms with Crippen LogP contribution in [-0.2, 0) is 6.42 Å². The minimum atomic E-state index is -0.817. The number of anilines is 1. The summed E-state index contributed by atoms with van der Waals surface area (Å²) < 4.78 is 0.884. The number of nitrogen functional groups attached to an aromatic ring is 1. The van der Waals surface area contributed by atoms with E-state index >= 15 is 0 Å². The number of fused-ring (bicyclic) bond motifs is 3. The maximum absolute atomic E-state index is 11.4. The topological polar surface area (TPSA) is 63.3 Å². The molecule has 0 aliphatic heterocycles. The fourth-order valence-electron chi connectivity index (χ4n) is 3.66. The Morgan fingerprint density at radius 1 is 1.39 bits per heavy atom. The van der Waals surface area contributed by atoms with Gasteiger partial charge in [-0.05, 0) is 70.9 Å². The zero-order valence-corrected chi connectivity index (χ0v) is 12.2. The Bertz CT molecular complexity index is 527. The first-order valence-electron chi connectivity index (χ1n) is 6.43. The highest BCUT2D eigenvalue weighted by Crippen LogP contribution is 2.50. The van der Waals surface area contributed by atoms with Crippen LogP contribution in [0.25, 0.3) is 0 Å². The second kappa shape index (κ2) is 4.40. The van der Waals surface area contributed by atoms with E-state index < -0.39 is 5.97 Å². The molecular formula is C14H16INO2. The molecule has 1 saturated carbocycles. The lowest BCUT2D eigenvalue weighted by molar-refractivity contribution is 0.0695. The lowest BCUT2D eigenvalue weighted by Crippen LogP contribution is -2.14. The van der Waals surface area contributed by atoms with Crippen LogP contribution in [-0.4, -0.2) is 11.1 Å². The minimum Gasteiger partial charge on any atom is -0.478 e. The molecule has 3 N–H and O–H groups in total. The van der Waals surface area contributed by atoms with Gasteiger partial charge in [0.05, 0.1) is 5.56 Å². The summed E-state index contributed by atoms with van der Waals surface area (Å²) in [5.41, 5.74) is 9.67. The molecule has 0 radical (unpaired) electrons. The van der Waals surface area contributed by atoms with Crippen molar-refractivity contribution in [2.24, 2.45) is 5.92 Å². The molecule has 2 unspecified atom stereocenters. The number of rotatable bonds is 1. The molecule has 1 aromatic carbocycles. The standard InChI is InChI=1S/C14H16INO2/c15-11-6-10(14(17)18)9-5-7-3-1-2-4-8(7)12(9)13(11)16/h6-8H,1-5,16H2,(H,17,18). The number of carboxylic acid groups (broad SMARTS) is 1.